The third-order valence-corrected chi connectivity index (χ3v) is 4.76. The lowest BCUT2D eigenvalue weighted by molar-refractivity contribution is 0.155. The van der Waals surface area contributed by atoms with Crippen molar-refractivity contribution in [3.63, 3.8) is 0 Å². The number of allylic oxidation sites excluding steroid dienone is 2. The highest BCUT2D eigenvalue weighted by Crippen LogP contribution is 2.49. The fraction of sp³-hybridized carbons (Fsp3) is 0.444. The molecule has 5 nitrogen and oxygen atoms in total. The Morgan fingerprint density at radius 1 is 1.43 bits per heavy atom. The number of alkyl carbamates (subject to hydrolysis) is 1. The van der Waals surface area contributed by atoms with Crippen LogP contribution in [0.3, 0.4) is 0 Å². The Bertz CT molecular complexity index is 708. The Balaban J connectivity index is 2.21. The van der Waals surface area contributed by atoms with Gasteiger partial charge in [0.05, 0.1) is 25.5 Å². The fourth-order valence-corrected chi connectivity index (χ4v) is 3.97. The number of carbonyl (C=O) groups excluding carboxylic acids is 1. The van der Waals surface area contributed by atoms with Crippen molar-refractivity contribution >= 4 is 6.09 Å². The molecule has 0 spiro atoms. The average molecular weight is 314 g/mol. The average Bonchev–Trinajstić information content (AvgIpc) is 2.53. The number of methoxy groups -OCH3 is 2. The van der Waals surface area contributed by atoms with Gasteiger partial charge in [-0.05, 0) is 31.9 Å². The van der Waals surface area contributed by atoms with Gasteiger partial charge in [-0.1, -0.05) is 17.7 Å². The van der Waals surface area contributed by atoms with Crippen molar-refractivity contribution < 1.29 is 14.3 Å². The summed E-state index contributed by atoms with van der Waals surface area (Å²) in [5, 5.41) is 3.09. The fourth-order valence-electron chi connectivity index (χ4n) is 3.97. The van der Waals surface area contributed by atoms with Crippen LogP contribution in [0.1, 0.15) is 31.5 Å². The molecule has 122 valence electrons. The van der Waals surface area contributed by atoms with E-state index < -0.39 is 11.6 Å². The zero-order valence-corrected chi connectivity index (χ0v) is 14.0. The van der Waals surface area contributed by atoms with Gasteiger partial charge in [-0.3, -0.25) is 0 Å². The SMILES string of the molecule is C/C=C1\C2C=C(C)CC1(NC(=O)OC)c1ccc(OC)nc1C2. The van der Waals surface area contributed by atoms with Crippen molar-refractivity contribution in [2.24, 2.45) is 5.92 Å². The van der Waals surface area contributed by atoms with Crippen LogP contribution >= 0.6 is 0 Å². The first-order valence-corrected chi connectivity index (χ1v) is 7.78. The van der Waals surface area contributed by atoms with E-state index in [9.17, 15) is 4.79 Å². The van der Waals surface area contributed by atoms with Crippen molar-refractivity contribution in [1.82, 2.24) is 10.3 Å². The third-order valence-electron chi connectivity index (χ3n) is 4.76. The van der Waals surface area contributed by atoms with E-state index in [2.05, 4.69) is 29.4 Å². The number of nitrogens with one attached hydrogen (secondary N) is 1. The van der Waals surface area contributed by atoms with Gasteiger partial charge in [-0.2, -0.15) is 0 Å². The summed E-state index contributed by atoms with van der Waals surface area (Å²) in [6, 6.07) is 3.86. The van der Waals surface area contributed by atoms with Gasteiger partial charge in [0, 0.05) is 24.0 Å². The number of carbonyl (C=O) groups is 1. The van der Waals surface area contributed by atoms with Gasteiger partial charge in [0.2, 0.25) is 5.88 Å². The van der Waals surface area contributed by atoms with Crippen molar-refractivity contribution in [1.29, 1.82) is 0 Å². The lowest BCUT2D eigenvalue weighted by atomic mass is 9.63. The number of pyridine rings is 1. The summed E-state index contributed by atoms with van der Waals surface area (Å²) in [6.45, 7) is 4.13. The van der Waals surface area contributed by atoms with E-state index in [1.54, 1.807) is 7.11 Å². The van der Waals surface area contributed by atoms with Crippen LogP contribution in [-0.2, 0) is 16.7 Å². The highest BCUT2D eigenvalue weighted by molar-refractivity contribution is 5.71. The lowest BCUT2D eigenvalue weighted by Gasteiger charge is -2.47. The lowest BCUT2D eigenvalue weighted by Crippen LogP contribution is -2.53. The smallest absolute Gasteiger partial charge is 0.407 e. The summed E-state index contributed by atoms with van der Waals surface area (Å²) in [5.74, 6) is 0.831. The molecule has 23 heavy (non-hydrogen) atoms. The maximum Gasteiger partial charge on any atom is 0.407 e. The molecule has 2 atom stereocenters. The first kappa shape index (κ1) is 15.6. The van der Waals surface area contributed by atoms with E-state index in [0.29, 0.717) is 5.88 Å². The van der Waals surface area contributed by atoms with Gasteiger partial charge in [0.15, 0.2) is 0 Å². The Hall–Kier alpha value is -2.30. The molecule has 0 fully saturated rings. The van der Waals surface area contributed by atoms with Crippen molar-refractivity contribution in [2.45, 2.75) is 32.2 Å². The molecule has 0 aromatic carbocycles. The van der Waals surface area contributed by atoms with E-state index in [4.69, 9.17) is 9.47 Å². The Kier molecular flexibility index (Phi) is 3.88. The van der Waals surface area contributed by atoms with Crippen LogP contribution in [0.5, 0.6) is 5.88 Å². The van der Waals surface area contributed by atoms with Crippen LogP contribution < -0.4 is 10.1 Å². The van der Waals surface area contributed by atoms with Gasteiger partial charge < -0.3 is 14.8 Å². The van der Waals surface area contributed by atoms with Gasteiger partial charge in [-0.25, -0.2) is 9.78 Å². The molecule has 1 aromatic rings. The largest absolute Gasteiger partial charge is 0.481 e. The van der Waals surface area contributed by atoms with Crippen molar-refractivity contribution in [3.8, 4) is 5.88 Å². The summed E-state index contributed by atoms with van der Waals surface area (Å²) in [6.07, 6.45) is 5.49. The number of rotatable bonds is 2. The van der Waals surface area contributed by atoms with Crippen molar-refractivity contribution in [2.75, 3.05) is 14.2 Å². The number of aromatic nitrogens is 1. The molecule has 2 bridgehead atoms. The standard InChI is InChI=1S/C18H22N2O3/c1-5-13-12-8-11(2)10-18(13,20-17(21)23-4)14-6-7-16(22-3)19-15(14)9-12/h5-8,12H,9-10H2,1-4H3,(H,20,21)/b13-5+. The molecule has 0 saturated heterocycles. The molecule has 2 aliphatic carbocycles. The molecule has 5 heteroatoms. The molecule has 3 rings (SSSR count). The van der Waals surface area contributed by atoms with Crippen LogP contribution in [0.25, 0.3) is 0 Å². The van der Waals surface area contributed by atoms with E-state index in [-0.39, 0.29) is 5.92 Å². The number of nitrogens with zero attached hydrogens (tertiary/aromatic N) is 1. The second-order valence-electron chi connectivity index (χ2n) is 6.11. The Morgan fingerprint density at radius 3 is 2.87 bits per heavy atom. The van der Waals surface area contributed by atoms with E-state index in [1.165, 1.54) is 18.3 Å². The monoisotopic (exact) mass is 314 g/mol. The second kappa shape index (κ2) is 5.72. The highest BCUT2D eigenvalue weighted by Gasteiger charge is 2.48. The second-order valence-corrected chi connectivity index (χ2v) is 6.11. The normalized spacial score (nSPS) is 27.0. The number of hydrogen-bond acceptors (Lipinski definition) is 4. The summed E-state index contributed by atoms with van der Waals surface area (Å²) in [7, 11) is 3.00. The Labute approximate surface area is 136 Å². The van der Waals surface area contributed by atoms with Gasteiger partial charge >= 0.3 is 6.09 Å². The molecule has 0 aliphatic heterocycles. The van der Waals surface area contributed by atoms with Crippen LogP contribution in [0.2, 0.25) is 0 Å². The first-order valence-electron chi connectivity index (χ1n) is 7.78. The summed E-state index contributed by atoms with van der Waals surface area (Å²) < 4.78 is 10.1. The van der Waals surface area contributed by atoms with Crippen molar-refractivity contribution in [3.05, 3.63) is 46.7 Å². The van der Waals surface area contributed by atoms with Crippen LogP contribution in [0.15, 0.2) is 35.4 Å². The third kappa shape index (κ3) is 2.40. The molecule has 0 saturated carbocycles. The van der Waals surface area contributed by atoms with Gasteiger partial charge in [0.25, 0.3) is 0 Å². The Morgan fingerprint density at radius 2 is 2.22 bits per heavy atom. The van der Waals surface area contributed by atoms with E-state index in [0.717, 1.165) is 24.1 Å². The maximum atomic E-state index is 12.1. The molecular formula is C18H22N2O3. The van der Waals surface area contributed by atoms with Gasteiger partial charge in [-0.15, -0.1) is 0 Å². The van der Waals surface area contributed by atoms with E-state index in [1.807, 2.05) is 19.1 Å². The summed E-state index contributed by atoms with van der Waals surface area (Å²) in [4.78, 5) is 16.7. The van der Waals surface area contributed by atoms with Gasteiger partial charge in [0.1, 0.15) is 0 Å². The molecular weight excluding hydrogens is 292 g/mol. The number of fused-ring (bicyclic) bond motifs is 4. The molecule has 0 radical (unpaired) electrons. The molecule has 2 unspecified atom stereocenters. The minimum Gasteiger partial charge on any atom is -0.481 e. The molecule has 1 aromatic heterocycles. The molecule has 1 N–H and O–H groups in total. The molecule has 2 aliphatic rings. The van der Waals surface area contributed by atoms with Crippen LogP contribution in [0, 0.1) is 5.92 Å². The minimum atomic E-state index is -0.585. The van der Waals surface area contributed by atoms with Crippen LogP contribution in [-0.4, -0.2) is 25.3 Å². The topological polar surface area (TPSA) is 60.5 Å². The van der Waals surface area contributed by atoms with Crippen LogP contribution in [0.4, 0.5) is 4.79 Å². The molecule has 1 heterocycles. The summed E-state index contributed by atoms with van der Waals surface area (Å²) >= 11 is 0. The predicted octanol–water partition coefficient (Wildman–Crippen LogP) is 3.11. The zero-order valence-electron chi connectivity index (χ0n) is 14.0. The zero-order chi connectivity index (χ0) is 16.6. The first-order chi connectivity index (χ1) is 11.0. The molecule has 1 amide bonds. The maximum absolute atomic E-state index is 12.1. The quantitative estimate of drug-likeness (QED) is 0.852. The number of hydrogen-bond donors (Lipinski definition) is 1. The summed E-state index contributed by atoms with van der Waals surface area (Å²) in [5.41, 5.74) is 3.88. The number of amides is 1. The van der Waals surface area contributed by atoms with E-state index >= 15 is 0 Å². The minimum absolute atomic E-state index is 0.234. The highest BCUT2D eigenvalue weighted by atomic mass is 16.5. The predicted molar refractivity (Wildman–Crippen MR) is 87.3 cm³/mol. The number of ether oxygens (including phenoxy) is 2.